The molecule has 0 spiro atoms. The van der Waals surface area contributed by atoms with Crippen LogP contribution in [0.3, 0.4) is 0 Å². The maximum Gasteiger partial charge on any atom is 0.255 e. The van der Waals surface area contributed by atoms with Crippen LogP contribution in [0, 0.1) is 6.92 Å². The van der Waals surface area contributed by atoms with Gasteiger partial charge in [0.2, 0.25) is 0 Å². The van der Waals surface area contributed by atoms with Crippen LogP contribution < -0.4 is 10.1 Å². The van der Waals surface area contributed by atoms with Crippen LogP contribution in [-0.2, 0) is 0 Å². The topological polar surface area (TPSA) is 55.6 Å². The van der Waals surface area contributed by atoms with Gasteiger partial charge in [0.25, 0.3) is 5.91 Å². The first-order valence-corrected chi connectivity index (χ1v) is 8.64. The number of nitrogens with zero attached hydrogens (tertiary/aromatic N) is 2. The van der Waals surface area contributed by atoms with Crippen LogP contribution in [0.4, 0.5) is 5.69 Å². The number of methoxy groups -OCH3 is 1. The molecule has 1 N–H and O–H groups in total. The summed E-state index contributed by atoms with van der Waals surface area (Å²) in [5.74, 6) is 0.552. The third-order valence-corrected chi connectivity index (χ3v) is 4.45. The Bertz CT molecular complexity index is 1110. The second-order valence-electron chi connectivity index (χ2n) is 6.31. The van der Waals surface area contributed by atoms with Gasteiger partial charge in [0.05, 0.1) is 12.8 Å². The summed E-state index contributed by atoms with van der Waals surface area (Å²) in [6.07, 6.45) is 3.97. The highest BCUT2D eigenvalue weighted by molar-refractivity contribution is 6.04. The van der Waals surface area contributed by atoms with E-state index in [1.165, 1.54) is 0 Å². The number of pyridine rings is 1. The SMILES string of the molecule is COc1ccc(C(=O)Nc2cccc(-c3cn4cccc(C)c4n3)c2)cc1. The summed E-state index contributed by atoms with van der Waals surface area (Å²) in [6, 6.07) is 18.7. The molecule has 0 fully saturated rings. The Kier molecular flexibility index (Phi) is 4.34. The molecule has 0 aliphatic carbocycles. The molecular formula is C22H19N3O2. The summed E-state index contributed by atoms with van der Waals surface area (Å²) < 4.78 is 7.13. The number of aromatic nitrogens is 2. The fourth-order valence-corrected chi connectivity index (χ4v) is 2.99. The standard InChI is InChI=1S/C22H19N3O2/c1-15-5-4-12-25-14-20(24-21(15)25)17-6-3-7-18(13-17)23-22(26)16-8-10-19(27-2)11-9-16/h3-14H,1-2H3,(H,23,26). The van der Waals surface area contributed by atoms with E-state index in [-0.39, 0.29) is 5.91 Å². The lowest BCUT2D eigenvalue weighted by Gasteiger charge is -2.07. The van der Waals surface area contributed by atoms with E-state index < -0.39 is 0 Å². The number of ether oxygens (including phenoxy) is 1. The minimum Gasteiger partial charge on any atom is -0.497 e. The molecule has 4 aromatic rings. The van der Waals surface area contributed by atoms with Crippen LogP contribution in [0.1, 0.15) is 15.9 Å². The number of carbonyl (C=O) groups is 1. The average Bonchev–Trinajstić information content (AvgIpc) is 3.14. The Morgan fingerprint density at radius 1 is 1.07 bits per heavy atom. The number of hydrogen-bond acceptors (Lipinski definition) is 3. The predicted molar refractivity (Wildman–Crippen MR) is 106 cm³/mol. The van der Waals surface area contributed by atoms with Gasteiger partial charge in [-0.3, -0.25) is 4.79 Å². The number of nitrogens with one attached hydrogen (secondary N) is 1. The molecule has 5 heteroatoms. The number of hydrogen-bond donors (Lipinski definition) is 1. The van der Waals surface area contributed by atoms with Gasteiger partial charge in [-0.25, -0.2) is 4.98 Å². The first-order valence-electron chi connectivity index (χ1n) is 8.64. The molecule has 0 unspecified atom stereocenters. The molecule has 0 atom stereocenters. The first-order chi connectivity index (χ1) is 13.1. The fourth-order valence-electron chi connectivity index (χ4n) is 2.99. The number of rotatable bonds is 4. The van der Waals surface area contributed by atoms with Gasteiger partial charge < -0.3 is 14.5 Å². The van der Waals surface area contributed by atoms with Gasteiger partial charge in [-0.1, -0.05) is 18.2 Å². The van der Waals surface area contributed by atoms with E-state index >= 15 is 0 Å². The smallest absolute Gasteiger partial charge is 0.255 e. The number of carbonyl (C=O) groups excluding carboxylic acids is 1. The minimum atomic E-state index is -0.166. The molecule has 134 valence electrons. The lowest BCUT2D eigenvalue weighted by molar-refractivity contribution is 0.102. The van der Waals surface area contributed by atoms with Crippen molar-refractivity contribution in [2.75, 3.05) is 12.4 Å². The van der Waals surface area contributed by atoms with Gasteiger partial charge in [0.1, 0.15) is 11.4 Å². The number of amides is 1. The van der Waals surface area contributed by atoms with Crippen LogP contribution in [0.15, 0.2) is 73.1 Å². The average molecular weight is 357 g/mol. The number of anilines is 1. The van der Waals surface area contributed by atoms with Crippen molar-refractivity contribution >= 4 is 17.2 Å². The van der Waals surface area contributed by atoms with Crippen LogP contribution in [0.5, 0.6) is 5.75 Å². The predicted octanol–water partition coefficient (Wildman–Crippen LogP) is 4.57. The van der Waals surface area contributed by atoms with Crippen molar-refractivity contribution < 1.29 is 9.53 Å². The quantitative estimate of drug-likeness (QED) is 0.582. The van der Waals surface area contributed by atoms with Crippen LogP contribution in [0.25, 0.3) is 16.9 Å². The molecule has 27 heavy (non-hydrogen) atoms. The number of benzene rings is 2. The highest BCUT2D eigenvalue weighted by atomic mass is 16.5. The van der Waals surface area contributed by atoms with Crippen molar-refractivity contribution in [2.45, 2.75) is 6.92 Å². The largest absolute Gasteiger partial charge is 0.497 e. The second kappa shape index (κ2) is 6.96. The molecule has 2 aromatic carbocycles. The van der Waals surface area contributed by atoms with E-state index in [1.807, 2.05) is 60.1 Å². The van der Waals surface area contributed by atoms with Gasteiger partial charge in [0, 0.05) is 29.2 Å². The van der Waals surface area contributed by atoms with E-state index in [9.17, 15) is 4.79 Å². The van der Waals surface area contributed by atoms with E-state index in [2.05, 4.69) is 5.32 Å². The molecule has 0 bridgehead atoms. The summed E-state index contributed by atoms with van der Waals surface area (Å²) in [5, 5.41) is 2.94. The van der Waals surface area contributed by atoms with Crippen LogP contribution >= 0.6 is 0 Å². The molecule has 0 aliphatic heterocycles. The summed E-state index contributed by atoms with van der Waals surface area (Å²) in [7, 11) is 1.60. The van der Waals surface area contributed by atoms with Gasteiger partial charge in [-0.2, -0.15) is 0 Å². The molecular weight excluding hydrogens is 338 g/mol. The van der Waals surface area contributed by atoms with Crippen molar-refractivity contribution in [1.82, 2.24) is 9.38 Å². The molecule has 0 saturated carbocycles. The summed E-state index contributed by atoms with van der Waals surface area (Å²) in [5.41, 5.74) is 5.16. The monoisotopic (exact) mass is 357 g/mol. The van der Waals surface area contributed by atoms with E-state index in [4.69, 9.17) is 9.72 Å². The van der Waals surface area contributed by atoms with Crippen molar-refractivity contribution in [2.24, 2.45) is 0 Å². The Morgan fingerprint density at radius 3 is 2.63 bits per heavy atom. The van der Waals surface area contributed by atoms with E-state index in [1.54, 1.807) is 31.4 Å². The van der Waals surface area contributed by atoms with E-state index in [0.717, 1.165) is 33.9 Å². The Balaban J connectivity index is 1.59. The van der Waals surface area contributed by atoms with Crippen LogP contribution in [-0.4, -0.2) is 22.4 Å². The maximum atomic E-state index is 12.5. The lowest BCUT2D eigenvalue weighted by atomic mass is 10.1. The van der Waals surface area contributed by atoms with Crippen molar-refractivity contribution in [3.63, 3.8) is 0 Å². The Labute approximate surface area is 157 Å². The molecule has 0 aliphatic rings. The van der Waals surface area contributed by atoms with E-state index in [0.29, 0.717) is 5.56 Å². The molecule has 0 radical (unpaired) electrons. The molecule has 2 aromatic heterocycles. The lowest BCUT2D eigenvalue weighted by Crippen LogP contribution is -2.11. The van der Waals surface area contributed by atoms with Crippen LogP contribution in [0.2, 0.25) is 0 Å². The highest BCUT2D eigenvalue weighted by Crippen LogP contribution is 2.24. The summed E-state index contributed by atoms with van der Waals surface area (Å²) >= 11 is 0. The van der Waals surface area contributed by atoms with Gasteiger partial charge in [-0.15, -0.1) is 0 Å². The zero-order chi connectivity index (χ0) is 18.8. The number of aryl methyl sites for hydroxylation is 1. The first kappa shape index (κ1) is 16.8. The van der Waals surface area contributed by atoms with Crippen molar-refractivity contribution in [3.05, 3.63) is 84.2 Å². The van der Waals surface area contributed by atoms with Crippen molar-refractivity contribution in [1.29, 1.82) is 0 Å². The molecule has 1 amide bonds. The molecule has 2 heterocycles. The zero-order valence-electron chi connectivity index (χ0n) is 15.1. The third-order valence-electron chi connectivity index (χ3n) is 4.45. The van der Waals surface area contributed by atoms with Gasteiger partial charge in [0.15, 0.2) is 0 Å². The Hall–Kier alpha value is -3.60. The normalized spacial score (nSPS) is 10.7. The molecule has 0 saturated heterocycles. The van der Waals surface area contributed by atoms with Crippen molar-refractivity contribution in [3.8, 4) is 17.0 Å². The maximum absolute atomic E-state index is 12.5. The number of fused-ring (bicyclic) bond motifs is 1. The second-order valence-corrected chi connectivity index (χ2v) is 6.31. The minimum absolute atomic E-state index is 0.166. The highest BCUT2D eigenvalue weighted by Gasteiger charge is 2.09. The van der Waals surface area contributed by atoms with Gasteiger partial charge >= 0.3 is 0 Å². The van der Waals surface area contributed by atoms with Gasteiger partial charge in [-0.05, 0) is 55.0 Å². The third kappa shape index (κ3) is 3.40. The molecule has 4 rings (SSSR count). The zero-order valence-corrected chi connectivity index (χ0v) is 15.1. The molecule has 5 nitrogen and oxygen atoms in total. The number of imidazole rings is 1. The summed E-state index contributed by atoms with van der Waals surface area (Å²) in [4.78, 5) is 17.2. The Morgan fingerprint density at radius 2 is 1.89 bits per heavy atom. The fraction of sp³-hybridized carbons (Fsp3) is 0.0909. The summed E-state index contributed by atoms with van der Waals surface area (Å²) in [6.45, 7) is 2.04.